The van der Waals surface area contributed by atoms with E-state index < -0.39 is 27.7 Å². The number of nitrogens with one attached hydrogen (secondary N) is 1. The van der Waals surface area contributed by atoms with Crippen LogP contribution in [-0.2, 0) is 21.1 Å². The molecule has 1 atom stereocenters. The molecule has 7 nitrogen and oxygen atoms in total. The van der Waals surface area contributed by atoms with Crippen molar-refractivity contribution in [2.24, 2.45) is 5.73 Å². The standard InChI is InChI=1S/C23H17Cl2FN2O5S/c24-17-7-12(9-19(27)23(29)30)8-18(25)22(17)33-14-3-6-20-16(10-14)21(11-28-20)34(31,32)15-4-1-13(26)2-5-15/h1-8,10-11,19,28H,9,27H2,(H,29,30)/t19-/m1/s1. The van der Waals surface area contributed by atoms with Gasteiger partial charge in [0.2, 0.25) is 9.84 Å². The van der Waals surface area contributed by atoms with Crippen LogP contribution in [0.1, 0.15) is 5.56 Å². The van der Waals surface area contributed by atoms with Crippen molar-refractivity contribution in [3.8, 4) is 11.5 Å². The third-order valence-corrected chi connectivity index (χ3v) is 7.45. The van der Waals surface area contributed by atoms with Crippen LogP contribution >= 0.6 is 23.2 Å². The van der Waals surface area contributed by atoms with Gasteiger partial charge in [0, 0.05) is 17.1 Å². The minimum Gasteiger partial charge on any atom is -0.480 e. The SMILES string of the molecule is N[C@H](Cc1cc(Cl)c(Oc2ccc3[nH]cc(S(=O)(=O)c4ccc(F)cc4)c3c2)c(Cl)c1)C(=O)O. The van der Waals surface area contributed by atoms with Crippen LogP contribution in [0.4, 0.5) is 4.39 Å². The molecule has 4 N–H and O–H groups in total. The van der Waals surface area contributed by atoms with Gasteiger partial charge in [-0.2, -0.15) is 0 Å². The number of H-pyrrole nitrogens is 1. The molecule has 34 heavy (non-hydrogen) atoms. The van der Waals surface area contributed by atoms with Crippen molar-refractivity contribution in [1.29, 1.82) is 0 Å². The number of hydrogen-bond donors (Lipinski definition) is 3. The maximum atomic E-state index is 13.2. The summed E-state index contributed by atoms with van der Waals surface area (Å²) in [7, 11) is -3.93. The van der Waals surface area contributed by atoms with E-state index >= 15 is 0 Å². The van der Waals surface area contributed by atoms with Crippen molar-refractivity contribution >= 4 is 49.9 Å². The zero-order chi connectivity index (χ0) is 24.6. The highest BCUT2D eigenvalue weighted by Gasteiger charge is 2.23. The summed E-state index contributed by atoms with van der Waals surface area (Å²) in [4.78, 5) is 13.8. The summed E-state index contributed by atoms with van der Waals surface area (Å²) in [6.07, 6.45) is 1.38. The van der Waals surface area contributed by atoms with E-state index in [4.69, 9.17) is 38.8 Å². The number of benzene rings is 3. The zero-order valence-corrected chi connectivity index (χ0v) is 19.6. The number of carbonyl (C=O) groups is 1. The summed E-state index contributed by atoms with van der Waals surface area (Å²) in [5, 5.41) is 9.61. The largest absolute Gasteiger partial charge is 0.480 e. The minimum absolute atomic E-state index is 0.00485. The van der Waals surface area contributed by atoms with Crippen LogP contribution in [0, 0.1) is 5.82 Å². The van der Waals surface area contributed by atoms with Gasteiger partial charge in [0.15, 0.2) is 5.75 Å². The molecule has 1 heterocycles. The number of fused-ring (bicyclic) bond motifs is 1. The fraction of sp³-hybridized carbons (Fsp3) is 0.0870. The number of aliphatic carboxylic acids is 1. The van der Waals surface area contributed by atoms with Gasteiger partial charge in [-0.1, -0.05) is 23.2 Å². The Bertz CT molecular complexity index is 1480. The Morgan fingerprint density at radius 3 is 2.35 bits per heavy atom. The Morgan fingerprint density at radius 2 is 1.74 bits per heavy atom. The van der Waals surface area contributed by atoms with Gasteiger partial charge in [0.1, 0.15) is 17.6 Å². The van der Waals surface area contributed by atoms with E-state index in [1.165, 1.54) is 36.5 Å². The van der Waals surface area contributed by atoms with Crippen LogP contribution in [-0.4, -0.2) is 30.5 Å². The fourth-order valence-corrected chi connectivity index (χ4v) is 5.42. The zero-order valence-electron chi connectivity index (χ0n) is 17.3. The van der Waals surface area contributed by atoms with Crippen LogP contribution in [0.2, 0.25) is 10.0 Å². The molecule has 0 saturated carbocycles. The monoisotopic (exact) mass is 522 g/mol. The van der Waals surface area contributed by atoms with E-state index in [2.05, 4.69) is 4.98 Å². The van der Waals surface area contributed by atoms with Crippen LogP contribution in [0.5, 0.6) is 11.5 Å². The number of aromatic nitrogens is 1. The van der Waals surface area contributed by atoms with Crippen LogP contribution in [0.25, 0.3) is 10.9 Å². The van der Waals surface area contributed by atoms with Gasteiger partial charge in [-0.15, -0.1) is 0 Å². The van der Waals surface area contributed by atoms with Gasteiger partial charge >= 0.3 is 5.97 Å². The van der Waals surface area contributed by atoms with Gasteiger partial charge in [-0.25, -0.2) is 12.8 Å². The summed E-state index contributed by atoms with van der Waals surface area (Å²) >= 11 is 12.6. The summed E-state index contributed by atoms with van der Waals surface area (Å²) in [5.41, 5.74) is 6.63. The number of nitrogens with two attached hydrogens (primary N) is 1. The normalized spacial score (nSPS) is 12.6. The second-order valence-corrected chi connectivity index (χ2v) is 10.2. The van der Waals surface area contributed by atoms with Crippen molar-refractivity contribution in [3.63, 3.8) is 0 Å². The summed E-state index contributed by atoms with van der Waals surface area (Å²) < 4.78 is 45.3. The highest BCUT2D eigenvalue weighted by Crippen LogP contribution is 2.39. The number of rotatable bonds is 7. The topological polar surface area (TPSA) is 122 Å². The van der Waals surface area contributed by atoms with Gasteiger partial charge in [-0.3, -0.25) is 4.79 Å². The predicted molar refractivity (Wildman–Crippen MR) is 126 cm³/mol. The van der Waals surface area contributed by atoms with Gasteiger partial charge < -0.3 is 20.6 Å². The average molecular weight is 523 g/mol. The van der Waals surface area contributed by atoms with Gasteiger partial charge in [0.05, 0.1) is 19.8 Å². The van der Waals surface area contributed by atoms with Gasteiger partial charge in [-0.05, 0) is 66.6 Å². The number of carboxylic acids is 1. The van der Waals surface area contributed by atoms with E-state index in [1.54, 1.807) is 12.1 Å². The first kappa shape index (κ1) is 24.0. The molecule has 176 valence electrons. The minimum atomic E-state index is -3.93. The molecule has 0 radical (unpaired) electrons. The molecule has 0 unspecified atom stereocenters. The maximum Gasteiger partial charge on any atom is 0.320 e. The predicted octanol–water partition coefficient (Wildman–Crippen LogP) is 5.19. The number of halogens is 3. The smallest absolute Gasteiger partial charge is 0.320 e. The van der Waals surface area contributed by atoms with Gasteiger partial charge in [0.25, 0.3) is 0 Å². The highest BCUT2D eigenvalue weighted by molar-refractivity contribution is 7.91. The lowest BCUT2D eigenvalue weighted by Crippen LogP contribution is -2.32. The van der Waals surface area contributed by atoms with E-state index in [0.29, 0.717) is 16.5 Å². The Morgan fingerprint density at radius 1 is 1.09 bits per heavy atom. The third-order valence-electron chi connectivity index (χ3n) is 5.08. The molecular weight excluding hydrogens is 506 g/mol. The molecule has 0 saturated heterocycles. The molecule has 0 bridgehead atoms. The molecule has 0 aliphatic heterocycles. The first-order chi connectivity index (χ1) is 16.1. The second-order valence-electron chi connectivity index (χ2n) is 7.46. The molecule has 4 aromatic rings. The Hall–Kier alpha value is -3.11. The molecule has 0 aliphatic rings. The number of aromatic amines is 1. The van der Waals surface area contributed by atoms with Crippen molar-refractivity contribution in [2.75, 3.05) is 0 Å². The van der Waals surface area contributed by atoms with Crippen molar-refractivity contribution in [2.45, 2.75) is 22.3 Å². The number of ether oxygens (including phenoxy) is 1. The summed E-state index contributed by atoms with van der Waals surface area (Å²) in [6, 6.07) is 11.2. The van der Waals surface area contributed by atoms with Crippen molar-refractivity contribution < 1.29 is 27.4 Å². The second kappa shape index (κ2) is 9.27. The third kappa shape index (κ3) is 4.74. The molecule has 0 aliphatic carbocycles. The van der Waals surface area contributed by atoms with E-state index in [0.717, 1.165) is 12.1 Å². The summed E-state index contributed by atoms with van der Waals surface area (Å²) in [6.45, 7) is 0. The lowest BCUT2D eigenvalue weighted by molar-refractivity contribution is -0.138. The van der Waals surface area contributed by atoms with E-state index in [1.807, 2.05) is 0 Å². The summed E-state index contributed by atoms with van der Waals surface area (Å²) in [5.74, 6) is -1.31. The number of hydrogen-bond acceptors (Lipinski definition) is 5. The molecule has 0 amide bonds. The fourth-order valence-electron chi connectivity index (χ4n) is 3.39. The molecule has 11 heteroatoms. The average Bonchev–Trinajstić information content (AvgIpc) is 3.20. The first-order valence-corrected chi connectivity index (χ1v) is 12.1. The van der Waals surface area contributed by atoms with E-state index in [-0.39, 0.29) is 37.8 Å². The molecule has 0 fully saturated rings. The number of sulfone groups is 1. The van der Waals surface area contributed by atoms with E-state index in [9.17, 15) is 17.6 Å². The first-order valence-electron chi connectivity index (χ1n) is 9.82. The lowest BCUT2D eigenvalue weighted by atomic mass is 10.1. The Labute approximate surface area is 203 Å². The lowest BCUT2D eigenvalue weighted by Gasteiger charge is -2.13. The highest BCUT2D eigenvalue weighted by atomic mass is 35.5. The van der Waals surface area contributed by atoms with Crippen LogP contribution < -0.4 is 10.5 Å². The van der Waals surface area contributed by atoms with Crippen LogP contribution in [0.3, 0.4) is 0 Å². The Kier molecular flexibility index (Phi) is 6.55. The quantitative estimate of drug-likeness (QED) is 0.287. The van der Waals surface area contributed by atoms with Crippen molar-refractivity contribution in [3.05, 3.63) is 82.2 Å². The number of carboxylic acid groups (broad SMARTS) is 1. The van der Waals surface area contributed by atoms with Crippen molar-refractivity contribution in [1.82, 2.24) is 4.98 Å². The Balaban J connectivity index is 1.68. The molecule has 4 rings (SSSR count). The van der Waals surface area contributed by atoms with Crippen LogP contribution in [0.15, 0.2) is 70.6 Å². The molecular formula is C23H17Cl2FN2O5S. The maximum absolute atomic E-state index is 13.2. The molecule has 3 aromatic carbocycles. The molecule has 0 spiro atoms. The molecule has 1 aromatic heterocycles.